The van der Waals surface area contributed by atoms with E-state index in [1.54, 1.807) is 30.3 Å². The van der Waals surface area contributed by atoms with Crippen LogP contribution in [0, 0.1) is 13.8 Å². The third-order valence-electron chi connectivity index (χ3n) is 4.93. The van der Waals surface area contributed by atoms with E-state index in [4.69, 9.17) is 0 Å². The number of fused-ring (bicyclic) bond motifs is 2. The third-order valence-corrected chi connectivity index (χ3v) is 6.11. The number of carbonyl (C=O) groups is 1. The quantitative estimate of drug-likeness (QED) is 0.735. The van der Waals surface area contributed by atoms with Gasteiger partial charge in [0.05, 0.1) is 34.4 Å². The van der Waals surface area contributed by atoms with E-state index in [2.05, 4.69) is 15.3 Å². The van der Waals surface area contributed by atoms with E-state index in [1.165, 1.54) is 10.6 Å². The molecule has 28 heavy (non-hydrogen) atoms. The molecule has 0 saturated carbocycles. The fourth-order valence-corrected chi connectivity index (χ4v) is 4.33. The van der Waals surface area contributed by atoms with E-state index >= 15 is 0 Å². The lowest BCUT2D eigenvalue weighted by Crippen LogP contribution is -2.27. The molecule has 144 valence electrons. The number of benzene rings is 2. The zero-order valence-corrected chi connectivity index (χ0v) is 16.7. The number of nitrogens with zero attached hydrogens (tertiary/aromatic N) is 3. The number of hydrogen-bond donors (Lipinski definition) is 1. The largest absolute Gasteiger partial charge is 0.322 e. The molecule has 1 aromatic heterocycles. The summed E-state index contributed by atoms with van der Waals surface area (Å²) in [7, 11) is -3.29. The normalized spacial score (nSPS) is 13.6. The maximum atomic E-state index is 12.7. The summed E-state index contributed by atoms with van der Waals surface area (Å²) in [5.74, 6) is -0.250. The van der Waals surface area contributed by atoms with Gasteiger partial charge in [0.1, 0.15) is 0 Å². The Kier molecular flexibility index (Phi) is 4.30. The molecule has 0 radical (unpaired) electrons. The van der Waals surface area contributed by atoms with Gasteiger partial charge < -0.3 is 5.32 Å². The minimum atomic E-state index is -3.29. The minimum Gasteiger partial charge on any atom is -0.322 e. The Morgan fingerprint density at radius 1 is 1.04 bits per heavy atom. The molecule has 1 N–H and O–H groups in total. The van der Waals surface area contributed by atoms with Crippen molar-refractivity contribution in [3.8, 4) is 0 Å². The van der Waals surface area contributed by atoms with Gasteiger partial charge in [-0.15, -0.1) is 0 Å². The van der Waals surface area contributed by atoms with Gasteiger partial charge in [0.15, 0.2) is 0 Å². The van der Waals surface area contributed by atoms with Crippen LogP contribution in [0.2, 0.25) is 0 Å². The topological polar surface area (TPSA) is 92.3 Å². The number of amides is 1. The highest BCUT2D eigenvalue weighted by molar-refractivity contribution is 7.92. The molecule has 0 fully saturated rings. The van der Waals surface area contributed by atoms with Gasteiger partial charge >= 0.3 is 0 Å². The highest BCUT2D eigenvalue weighted by Gasteiger charge is 2.26. The fraction of sp³-hybridized carbons (Fsp3) is 0.250. The summed E-state index contributed by atoms with van der Waals surface area (Å²) in [5, 5.41) is 2.88. The molecule has 0 bridgehead atoms. The highest BCUT2D eigenvalue weighted by atomic mass is 32.2. The van der Waals surface area contributed by atoms with Crippen LogP contribution in [0.25, 0.3) is 11.0 Å². The first-order valence-electron chi connectivity index (χ1n) is 8.89. The third kappa shape index (κ3) is 3.31. The van der Waals surface area contributed by atoms with Crippen LogP contribution in [0.15, 0.2) is 36.4 Å². The van der Waals surface area contributed by atoms with Crippen molar-refractivity contribution in [2.75, 3.05) is 22.4 Å². The van der Waals surface area contributed by atoms with Crippen molar-refractivity contribution in [2.45, 2.75) is 20.3 Å². The zero-order chi connectivity index (χ0) is 20.1. The molecule has 8 heteroatoms. The Labute approximate surface area is 163 Å². The van der Waals surface area contributed by atoms with Crippen molar-refractivity contribution in [1.82, 2.24) is 9.97 Å². The van der Waals surface area contributed by atoms with Crippen LogP contribution < -0.4 is 9.62 Å². The van der Waals surface area contributed by atoms with Crippen LogP contribution in [-0.4, -0.2) is 37.1 Å². The van der Waals surface area contributed by atoms with E-state index < -0.39 is 10.0 Å². The molecule has 2 aromatic carbocycles. The SMILES string of the molecule is Cc1nc2ccc(C(=O)Nc3ccc4c(c3)CCN4S(C)(=O)=O)cc2nc1C. The van der Waals surface area contributed by atoms with Crippen LogP contribution >= 0.6 is 0 Å². The number of aromatic nitrogens is 2. The number of anilines is 2. The molecular formula is C20H20N4O3S. The average Bonchev–Trinajstić information content (AvgIpc) is 3.06. The van der Waals surface area contributed by atoms with Crippen LogP contribution in [0.4, 0.5) is 11.4 Å². The lowest BCUT2D eigenvalue weighted by molar-refractivity contribution is 0.102. The van der Waals surface area contributed by atoms with Gasteiger partial charge in [-0.05, 0) is 62.2 Å². The van der Waals surface area contributed by atoms with Crippen LogP contribution in [0.3, 0.4) is 0 Å². The number of carbonyl (C=O) groups excluding carboxylic acids is 1. The summed E-state index contributed by atoms with van der Waals surface area (Å²) < 4.78 is 25.1. The van der Waals surface area contributed by atoms with Gasteiger partial charge in [-0.2, -0.15) is 0 Å². The summed E-state index contributed by atoms with van der Waals surface area (Å²) >= 11 is 0. The molecule has 3 aromatic rings. The number of hydrogen-bond acceptors (Lipinski definition) is 5. The second-order valence-electron chi connectivity index (χ2n) is 6.98. The highest BCUT2D eigenvalue weighted by Crippen LogP contribution is 2.32. The molecule has 2 heterocycles. The molecule has 0 saturated heterocycles. The van der Waals surface area contributed by atoms with Crippen molar-refractivity contribution < 1.29 is 13.2 Å². The zero-order valence-electron chi connectivity index (χ0n) is 15.9. The van der Waals surface area contributed by atoms with Gasteiger partial charge in [0.2, 0.25) is 10.0 Å². The minimum absolute atomic E-state index is 0.250. The monoisotopic (exact) mass is 396 g/mol. The summed E-state index contributed by atoms with van der Waals surface area (Å²) in [5.41, 5.74) is 5.82. The van der Waals surface area contributed by atoms with Crippen molar-refractivity contribution in [3.05, 3.63) is 58.9 Å². The van der Waals surface area contributed by atoms with Gasteiger partial charge in [0, 0.05) is 17.8 Å². The standard InChI is InChI=1S/C20H20N4O3S/c1-12-13(2)22-18-11-15(4-6-17(18)21-12)20(25)23-16-5-7-19-14(10-16)8-9-24(19)28(3,26)27/h4-7,10-11H,8-9H2,1-3H3,(H,23,25). The van der Waals surface area contributed by atoms with Crippen molar-refractivity contribution >= 4 is 38.3 Å². The van der Waals surface area contributed by atoms with Crippen LogP contribution in [0.1, 0.15) is 27.3 Å². The molecule has 1 aliphatic rings. The lowest BCUT2D eigenvalue weighted by Gasteiger charge is -2.16. The number of aryl methyl sites for hydroxylation is 2. The van der Waals surface area contributed by atoms with E-state index in [0.717, 1.165) is 22.5 Å². The van der Waals surface area contributed by atoms with Crippen LogP contribution in [-0.2, 0) is 16.4 Å². The fourth-order valence-electron chi connectivity index (χ4n) is 3.37. The van der Waals surface area contributed by atoms with Gasteiger partial charge in [-0.3, -0.25) is 9.10 Å². The second kappa shape index (κ2) is 6.56. The first kappa shape index (κ1) is 18.4. The Morgan fingerprint density at radius 3 is 2.46 bits per heavy atom. The molecule has 0 atom stereocenters. The molecular weight excluding hydrogens is 376 g/mol. The van der Waals surface area contributed by atoms with Gasteiger partial charge in [-0.25, -0.2) is 18.4 Å². The summed E-state index contributed by atoms with van der Waals surface area (Å²) in [6.45, 7) is 4.22. The Balaban J connectivity index is 1.59. The molecule has 7 nitrogen and oxygen atoms in total. The van der Waals surface area contributed by atoms with Crippen LogP contribution in [0.5, 0.6) is 0 Å². The first-order chi connectivity index (χ1) is 13.2. The van der Waals surface area contributed by atoms with Gasteiger partial charge in [-0.1, -0.05) is 0 Å². The second-order valence-corrected chi connectivity index (χ2v) is 8.89. The van der Waals surface area contributed by atoms with Gasteiger partial charge in [0.25, 0.3) is 5.91 Å². The maximum Gasteiger partial charge on any atom is 0.255 e. The van der Waals surface area contributed by atoms with E-state index in [0.29, 0.717) is 35.4 Å². The number of rotatable bonds is 3. The van der Waals surface area contributed by atoms with Crippen molar-refractivity contribution in [3.63, 3.8) is 0 Å². The molecule has 1 aliphatic heterocycles. The smallest absolute Gasteiger partial charge is 0.255 e. The number of sulfonamides is 1. The average molecular weight is 396 g/mol. The molecule has 1 amide bonds. The Hall–Kier alpha value is -3.00. The van der Waals surface area contributed by atoms with E-state index in [1.807, 2.05) is 19.9 Å². The Bertz CT molecular complexity index is 1220. The first-order valence-corrected chi connectivity index (χ1v) is 10.7. The van der Waals surface area contributed by atoms with E-state index in [-0.39, 0.29) is 5.91 Å². The molecule has 4 rings (SSSR count). The molecule has 0 spiro atoms. The van der Waals surface area contributed by atoms with Crippen molar-refractivity contribution in [2.24, 2.45) is 0 Å². The number of nitrogens with one attached hydrogen (secondary N) is 1. The van der Waals surface area contributed by atoms with E-state index in [9.17, 15) is 13.2 Å². The lowest BCUT2D eigenvalue weighted by atomic mass is 10.1. The predicted octanol–water partition coefficient (Wildman–Crippen LogP) is 2.82. The Morgan fingerprint density at radius 2 is 1.75 bits per heavy atom. The van der Waals surface area contributed by atoms with Crippen molar-refractivity contribution in [1.29, 1.82) is 0 Å². The maximum absolute atomic E-state index is 12.7. The summed E-state index contributed by atoms with van der Waals surface area (Å²) in [6, 6.07) is 10.5. The summed E-state index contributed by atoms with van der Waals surface area (Å²) in [6.07, 6.45) is 1.82. The molecule has 0 aliphatic carbocycles. The summed E-state index contributed by atoms with van der Waals surface area (Å²) in [4.78, 5) is 21.6. The predicted molar refractivity (Wildman–Crippen MR) is 109 cm³/mol. The molecule has 0 unspecified atom stereocenters.